The Kier molecular flexibility index (Phi) is 3.85. The topological polar surface area (TPSA) is 135 Å². The van der Waals surface area contributed by atoms with E-state index in [1.54, 1.807) is 24.4 Å². The third-order valence-corrected chi connectivity index (χ3v) is 4.79. The number of hydrogen-bond acceptors (Lipinski definition) is 8. The van der Waals surface area contributed by atoms with E-state index in [-0.39, 0.29) is 11.6 Å². The van der Waals surface area contributed by atoms with Crippen LogP contribution in [-0.2, 0) is 0 Å². The van der Waals surface area contributed by atoms with Gasteiger partial charge in [0.2, 0.25) is 6.39 Å². The van der Waals surface area contributed by atoms with Gasteiger partial charge in [0.05, 0.1) is 27.9 Å². The third kappa shape index (κ3) is 2.74. The van der Waals surface area contributed by atoms with Crippen molar-refractivity contribution in [2.45, 2.75) is 0 Å². The van der Waals surface area contributed by atoms with E-state index in [2.05, 4.69) is 30.7 Å². The zero-order valence-corrected chi connectivity index (χ0v) is 15.2. The molecule has 0 aliphatic carbocycles. The van der Waals surface area contributed by atoms with E-state index in [1.807, 2.05) is 6.07 Å². The third-order valence-electron chi connectivity index (χ3n) is 4.46. The van der Waals surface area contributed by atoms with Crippen molar-refractivity contribution in [2.75, 3.05) is 5.32 Å². The maximum atomic E-state index is 11.7. The fourth-order valence-corrected chi connectivity index (χ4v) is 3.41. The smallest absolute Gasteiger partial charge is 0.295 e. The monoisotopic (exact) mass is 407 g/mol. The van der Waals surface area contributed by atoms with Crippen molar-refractivity contribution in [1.82, 2.24) is 20.4 Å². The molecule has 0 fully saturated rings. The van der Waals surface area contributed by atoms with Gasteiger partial charge in [0.15, 0.2) is 0 Å². The van der Waals surface area contributed by atoms with Crippen LogP contribution in [-0.4, -0.2) is 31.0 Å². The Labute approximate surface area is 167 Å². The number of nitro groups is 1. The first kappa shape index (κ1) is 17.1. The summed E-state index contributed by atoms with van der Waals surface area (Å²) in [6, 6.07) is 8.54. The highest BCUT2D eigenvalue weighted by Crippen LogP contribution is 2.38. The number of halogens is 1. The molecule has 0 amide bonds. The molecule has 0 atom stereocenters. The second-order valence-corrected chi connectivity index (χ2v) is 6.50. The molecule has 0 saturated carbocycles. The van der Waals surface area contributed by atoms with Crippen LogP contribution in [0.4, 0.5) is 11.4 Å². The van der Waals surface area contributed by atoms with Crippen molar-refractivity contribution in [3.05, 3.63) is 81.3 Å². The minimum atomic E-state index is -0.470. The Bertz CT molecular complexity index is 1320. The summed E-state index contributed by atoms with van der Waals surface area (Å²) in [5.74, 6) is 0.188. The predicted molar refractivity (Wildman–Crippen MR) is 106 cm³/mol. The van der Waals surface area contributed by atoms with Crippen molar-refractivity contribution in [3.8, 4) is 0 Å². The van der Waals surface area contributed by atoms with Gasteiger partial charge in [-0.2, -0.15) is 5.10 Å². The molecule has 4 aromatic rings. The number of benzene rings is 2. The Morgan fingerprint density at radius 3 is 2.83 bits per heavy atom. The molecule has 2 N–H and O–H groups in total. The van der Waals surface area contributed by atoms with Crippen molar-refractivity contribution in [1.29, 1.82) is 0 Å². The number of rotatable bonds is 3. The van der Waals surface area contributed by atoms with E-state index >= 15 is 0 Å². The summed E-state index contributed by atoms with van der Waals surface area (Å²) in [7, 11) is 0. The molecule has 0 radical (unpaired) electrons. The highest BCUT2D eigenvalue weighted by atomic mass is 35.5. The number of aromatic nitrogens is 4. The normalized spacial score (nSPS) is 13.3. The number of nitrogens with zero attached hydrogens (tertiary/aromatic N) is 5. The first-order valence-corrected chi connectivity index (χ1v) is 8.73. The number of non-ortho nitro benzene ring substituents is 1. The van der Waals surface area contributed by atoms with Gasteiger partial charge in [-0.25, -0.2) is 4.99 Å². The first-order valence-electron chi connectivity index (χ1n) is 8.35. The van der Waals surface area contributed by atoms with Gasteiger partial charge in [-0.1, -0.05) is 29.8 Å². The Morgan fingerprint density at radius 2 is 2.07 bits per heavy atom. The van der Waals surface area contributed by atoms with E-state index in [4.69, 9.17) is 16.0 Å². The molecule has 1 aliphatic rings. The van der Waals surface area contributed by atoms with Crippen LogP contribution in [0.3, 0.4) is 0 Å². The lowest BCUT2D eigenvalue weighted by Gasteiger charge is -2.12. The van der Waals surface area contributed by atoms with Crippen LogP contribution in [0.2, 0.25) is 5.02 Å². The maximum absolute atomic E-state index is 11.7. The SMILES string of the molecule is O=[N+]([O-])c1cc2c(c3cn[nH]c13)NC=C(c1nnco1)N=C2c1ccccc1Cl. The Balaban J connectivity index is 1.85. The van der Waals surface area contributed by atoms with Gasteiger partial charge in [-0.3, -0.25) is 15.2 Å². The van der Waals surface area contributed by atoms with E-state index in [0.29, 0.717) is 44.1 Å². The van der Waals surface area contributed by atoms with E-state index in [1.165, 1.54) is 18.7 Å². The minimum Gasteiger partial charge on any atom is -0.422 e. The molecule has 5 rings (SSSR count). The predicted octanol–water partition coefficient (Wildman–Crippen LogP) is 3.77. The van der Waals surface area contributed by atoms with Gasteiger partial charge in [0, 0.05) is 28.4 Å². The summed E-state index contributed by atoms with van der Waals surface area (Å²) < 4.78 is 5.28. The molecule has 1 aliphatic heterocycles. The first-order chi connectivity index (χ1) is 14.1. The van der Waals surface area contributed by atoms with Gasteiger partial charge in [-0.15, -0.1) is 10.2 Å². The van der Waals surface area contributed by atoms with Crippen LogP contribution < -0.4 is 5.32 Å². The summed E-state index contributed by atoms with van der Waals surface area (Å²) in [6.45, 7) is 0. The van der Waals surface area contributed by atoms with Crippen LogP contribution in [0.25, 0.3) is 16.6 Å². The zero-order chi connectivity index (χ0) is 20.0. The molecule has 3 heterocycles. The number of fused-ring (bicyclic) bond motifs is 3. The number of aliphatic imine (C=N–C) groups is 1. The van der Waals surface area contributed by atoms with E-state index in [0.717, 1.165) is 0 Å². The second kappa shape index (κ2) is 6.53. The Morgan fingerprint density at radius 1 is 1.21 bits per heavy atom. The molecule has 10 nitrogen and oxygen atoms in total. The molecule has 0 spiro atoms. The summed E-state index contributed by atoms with van der Waals surface area (Å²) >= 11 is 6.42. The largest absolute Gasteiger partial charge is 0.422 e. The number of anilines is 1. The molecule has 0 unspecified atom stereocenters. The molecule has 29 heavy (non-hydrogen) atoms. The van der Waals surface area contributed by atoms with E-state index < -0.39 is 4.92 Å². The molecular formula is C18H10ClN7O3. The lowest BCUT2D eigenvalue weighted by Crippen LogP contribution is -2.07. The van der Waals surface area contributed by atoms with Crippen LogP contribution in [0.15, 0.2) is 58.5 Å². The molecular weight excluding hydrogens is 398 g/mol. The van der Waals surface area contributed by atoms with E-state index in [9.17, 15) is 10.1 Å². The molecule has 0 saturated heterocycles. The lowest BCUT2D eigenvalue weighted by atomic mass is 9.97. The average molecular weight is 408 g/mol. The zero-order valence-electron chi connectivity index (χ0n) is 14.5. The highest BCUT2D eigenvalue weighted by Gasteiger charge is 2.27. The quantitative estimate of drug-likeness (QED) is 0.389. The van der Waals surface area contributed by atoms with Gasteiger partial charge >= 0.3 is 0 Å². The van der Waals surface area contributed by atoms with Crippen LogP contribution in [0.1, 0.15) is 17.0 Å². The van der Waals surface area contributed by atoms with Crippen molar-refractivity contribution >= 4 is 45.3 Å². The van der Waals surface area contributed by atoms with Gasteiger partial charge in [0.1, 0.15) is 11.2 Å². The number of aromatic amines is 1. The number of nitro benzene ring substituents is 1. The number of nitrogens with one attached hydrogen (secondary N) is 2. The second-order valence-electron chi connectivity index (χ2n) is 6.09. The molecule has 142 valence electrons. The summed E-state index contributed by atoms with van der Waals surface area (Å²) in [4.78, 5) is 15.9. The van der Waals surface area contributed by atoms with Gasteiger partial charge in [0.25, 0.3) is 11.6 Å². The minimum absolute atomic E-state index is 0.126. The van der Waals surface area contributed by atoms with Crippen molar-refractivity contribution < 1.29 is 9.34 Å². The average Bonchev–Trinajstić information content (AvgIpc) is 3.38. The maximum Gasteiger partial charge on any atom is 0.295 e. The van der Waals surface area contributed by atoms with Crippen LogP contribution in [0, 0.1) is 10.1 Å². The fraction of sp³-hybridized carbons (Fsp3) is 0. The van der Waals surface area contributed by atoms with Crippen LogP contribution in [0.5, 0.6) is 0 Å². The molecule has 0 bridgehead atoms. The fourth-order valence-electron chi connectivity index (χ4n) is 3.19. The van der Waals surface area contributed by atoms with Crippen molar-refractivity contribution in [2.24, 2.45) is 4.99 Å². The van der Waals surface area contributed by atoms with Gasteiger partial charge < -0.3 is 9.73 Å². The lowest BCUT2D eigenvalue weighted by molar-refractivity contribution is -0.383. The summed E-state index contributed by atoms with van der Waals surface area (Å²) in [5, 5.41) is 30.0. The van der Waals surface area contributed by atoms with Crippen LogP contribution >= 0.6 is 11.6 Å². The molecule has 2 aromatic carbocycles. The molecule has 11 heteroatoms. The summed E-state index contributed by atoms with van der Waals surface area (Å²) in [5.41, 5.74) is 2.63. The van der Waals surface area contributed by atoms with Crippen molar-refractivity contribution in [3.63, 3.8) is 0 Å². The summed E-state index contributed by atoms with van der Waals surface area (Å²) in [6.07, 6.45) is 4.30. The molecule has 2 aromatic heterocycles. The van der Waals surface area contributed by atoms with Gasteiger partial charge in [-0.05, 0) is 6.07 Å². The number of hydrogen-bond donors (Lipinski definition) is 2. The standard InChI is InChI=1S/C18H10ClN7O3/c19-12-4-2-1-3-9(12)16-10-5-14(26(27)28)17-11(6-21-24-17)15(10)20-7-13(23-16)18-25-22-8-29-18/h1-8,20H,(H,21,24). The highest BCUT2D eigenvalue weighted by molar-refractivity contribution is 6.36. The Hall–Kier alpha value is -4.05. The number of H-pyrrole nitrogens is 1.